The van der Waals surface area contributed by atoms with Crippen LogP contribution in [0, 0.1) is 0 Å². The van der Waals surface area contributed by atoms with E-state index in [1.165, 1.54) is 17.9 Å². The van der Waals surface area contributed by atoms with Crippen LogP contribution in [0.25, 0.3) is 0 Å². The Kier molecular flexibility index (Phi) is 4.22. The molecule has 1 aromatic rings. The molecule has 1 N–H and O–H groups in total. The minimum atomic E-state index is -0.201. The van der Waals surface area contributed by atoms with Gasteiger partial charge in [-0.2, -0.15) is 0 Å². The highest BCUT2D eigenvalue weighted by atomic mass is 35.5. The van der Waals surface area contributed by atoms with Gasteiger partial charge in [-0.1, -0.05) is 29.4 Å². The van der Waals surface area contributed by atoms with Gasteiger partial charge in [-0.3, -0.25) is 9.89 Å². The summed E-state index contributed by atoms with van der Waals surface area (Å²) < 4.78 is 0. The molecule has 0 saturated carbocycles. The Balaban J connectivity index is 1.75. The molecule has 6 heteroatoms. The molecule has 3 rings (SSSR count). The molecule has 108 valence electrons. The van der Waals surface area contributed by atoms with Gasteiger partial charge in [0.05, 0.1) is 11.4 Å². The van der Waals surface area contributed by atoms with Crippen molar-refractivity contribution in [3.63, 3.8) is 0 Å². The van der Waals surface area contributed by atoms with Gasteiger partial charge in [-0.05, 0) is 26.0 Å². The molecular formula is C14H18ClN3S2. The monoisotopic (exact) mass is 327 g/mol. The van der Waals surface area contributed by atoms with E-state index in [1.54, 1.807) is 11.8 Å². The number of aliphatic imine (C=N–C) groups is 1. The van der Waals surface area contributed by atoms with E-state index in [4.69, 9.17) is 16.6 Å². The van der Waals surface area contributed by atoms with Gasteiger partial charge < -0.3 is 5.32 Å². The topological polar surface area (TPSA) is 27.6 Å². The lowest BCUT2D eigenvalue weighted by Gasteiger charge is -2.31. The fourth-order valence-corrected chi connectivity index (χ4v) is 4.67. The van der Waals surface area contributed by atoms with Crippen molar-refractivity contribution in [3.05, 3.63) is 28.8 Å². The number of nitrogens with zero attached hydrogens (tertiary/aromatic N) is 2. The minimum absolute atomic E-state index is 0.201. The van der Waals surface area contributed by atoms with Crippen LogP contribution in [0.2, 0.25) is 5.02 Å². The molecular weight excluding hydrogens is 310 g/mol. The van der Waals surface area contributed by atoms with Crippen LogP contribution >= 0.6 is 35.1 Å². The van der Waals surface area contributed by atoms with Crippen molar-refractivity contribution in [1.29, 1.82) is 0 Å². The van der Waals surface area contributed by atoms with Gasteiger partial charge >= 0.3 is 0 Å². The second kappa shape index (κ2) is 5.79. The van der Waals surface area contributed by atoms with Crippen molar-refractivity contribution in [3.8, 4) is 0 Å². The summed E-state index contributed by atoms with van der Waals surface area (Å²) in [5, 5.41) is 5.16. The van der Waals surface area contributed by atoms with Crippen LogP contribution in [0.5, 0.6) is 0 Å². The highest BCUT2D eigenvalue weighted by Gasteiger charge is 2.28. The molecule has 0 unspecified atom stereocenters. The zero-order valence-corrected chi connectivity index (χ0v) is 14.0. The average molecular weight is 328 g/mol. The second-order valence-electron chi connectivity index (χ2n) is 5.50. The van der Waals surface area contributed by atoms with E-state index in [2.05, 4.69) is 30.1 Å². The van der Waals surface area contributed by atoms with Crippen molar-refractivity contribution in [1.82, 2.24) is 4.90 Å². The van der Waals surface area contributed by atoms with Crippen molar-refractivity contribution < 1.29 is 0 Å². The fraction of sp³-hybridized carbons (Fsp3) is 0.500. The third kappa shape index (κ3) is 3.11. The number of halogens is 1. The highest BCUT2D eigenvalue weighted by Crippen LogP contribution is 2.37. The SMILES string of the molecule is CC1(C)N=C(SCN2CCSC2)Nc2cc(Cl)ccc21. The van der Waals surface area contributed by atoms with E-state index in [-0.39, 0.29) is 5.54 Å². The molecule has 2 aliphatic heterocycles. The third-order valence-electron chi connectivity index (χ3n) is 3.47. The molecule has 1 saturated heterocycles. The first-order valence-electron chi connectivity index (χ1n) is 6.64. The molecule has 0 aromatic heterocycles. The Bertz CT molecular complexity index is 539. The van der Waals surface area contributed by atoms with Gasteiger partial charge in [0, 0.05) is 34.4 Å². The van der Waals surface area contributed by atoms with E-state index in [0.717, 1.165) is 27.6 Å². The molecule has 1 aromatic carbocycles. The molecule has 0 spiro atoms. The first-order valence-corrected chi connectivity index (χ1v) is 9.16. The molecule has 0 radical (unpaired) electrons. The average Bonchev–Trinajstić information content (AvgIpc) is 2.88. The summed E-state index contributed by atoms with van der Waals surface area (Å²) in [5.41, 5.74) is 2.08. The molecule has 0 aliphatic carbocycles. The number of nitrogens with one attached hydrogen (secondary N) is 1. The van der Waals surface area contributed by atoms with Gasteiger partial charge in [0.25, 0.3) is 0 Å². The Labute approximate surface area is 133 Å². The van der Waals surface area contributed by atoms with Crippen LogP contribution in [0.3, 0.4) is 0 Å². The second-order valence-corrected chi connectivity index (χ2v) is 7.94. The molecule has 3 nitrogen and oxygen atoms in total. The number of anilines is 1. The molecule has 2 heterocycles. The van der Waals surface area contributed by atoms with Crippen molar-refractivity contribution in [2.45, 2.75) is 19.4 Å². The lowest BCUT2D eigenvalue weighted by atomic mass is 9.92. The third-order valence-corrected chi connectivity index (χ3v) is 5.69. The smallest absolute Gasteiger partial charge is 0.163 e. The maximum Gasteiger partial charge on any atom is 0.163 e. The number of thioether (sulfide) groups is 2. The summed E-state index contributed by atoms with van der Waals surface area (Å²) in [6, 6.07) is 5.98. The largest absolute Gasteiger partial charge is 0.335 e. The van der Waals surface area contributed by atoms with Crippen LogP contribution in [0.1, 0.15) is 19.4 Å². The Morgan fingerprint density at radius 2 is 2.35 bits per heavy atom. The van der Waals surface area contributed by atoms with E-state index >= 15 is 0 Å². The lowest BCUT2D eigenvalue weighted by molar-refractivity contribution is 0.422. The van der Waals surface area contributed by atoms with E-state index in [0.29, 0.717) is 0 Å². The molecule has 2 aliphatic rings. The summed E-state index contributed by atoms with van der Waals surface area (Å²) in [4.78, 5) is 7.28. The highest BCUT2D eigenvalue weighted by molar-refractivity contribution is 8.14. The van der Waals surface area contributed by atoms with E-state index in [1.807, 2.05) is 23.9 Å². The summed E-state index contributed by atoms with van der Waals surface area (Å²) in [5.74, 6) is 3.36. The van der Waals surface area contributed by atoms with Crippen LogP contribution in [-0.4, -0.2) is 34.1 Å². The van der Waals surface area contributed by atoms with Gasteiger partial charge in [0.1, 0.15) is 0 Å². The Hall–Kier alpha value is -0.360. The fourth-order valence-electron chi connectivity index (χ4n) is 2.39. The Morgan fingerprint density at radius 1 is 1.50 bits per heavy atom. The zero-order chi connectivity index (χ0) is 14.2. The van der Waals surface area contributed by atoms with E-state index < -0.39 is 0 Å². The summed E-state index contributed by atoms with van der Waals surface area (Å²) in [6.07, 6.45) is 0. The maximum atomic E-state index is 6.10. The van der Waals surface area contributed by atoms with Crippen LogP contribution in [0.15, 0.2) is 23.2 Å². The van der Waals surface area contributed by atoms with Gasteiger partial charge in [0.2, 0.25) is 0 Å². The number of benzene rings is 1. The van der Waals surface area contributed by atoms with Gasteiger partial charge in [-0.15, -0.1) is 11.8 Å². The Morgan fingerprint density at radius 3 is 3.10 bits per heavy atom. The molecule has 0 atom stereocenters. The minimum Gasteiger partial charge on any atom is -0.335 e. The number of hydrogen-bond acceptors (Lipinski definition) is 5. The van der Waals surface area contributed by atoms with E-state index in [9.17, 15) is 0 Å². The normalized spacial score (nSPS) is 21.2. The first-order chi connectivity index (χ1) is 9.54. The van der Waals surface area contributed by atoms with Gasteiger partial charge in [-0.25, -0.2) is 0 Å². The molecule has 1 fully saturated rings. The predicted molar refractivity (Wildman–Crippen MR) is 92.0 cm³/mol. The predicted octanol–water partition coefficient (Wildman–Crippen LogP) is 4.05. The lowest BCUT2D eigenvalue weighted by Crippen LogP contribution is -2.29. The number of fused-ring (bicyclic) bond motifs is 1. The number of rotatable bonds is 2. The van der Waals surface area contributed by atoms with Crippen LogP contribution in [-0.2, 0) is 5.54 Å². The van der Waals surface area contributed by atoms with Crippen molar-refractivity contribution in [2.24, 2.45) is 4.99 Å². The molecule has 20 heavy (non-hydrogen) atoms. The molecule has 0 bridgehead atoms. The molecule has 0 amide bonds. The zero-order valence-electron chi connectivity index (χ0n) is 11.6. The van der Waals surface area contributed by atoms with Gasteiger partial charge in [0.15, 0.2) is 5.17 Å². The summed E-state index contributed by atoms with van der Waals surface area (Å²) in [7, 11) is 0. The maximum absolute atomic E-state index is 6.10. The van der Waals surface area contributed by atoms with Crippen LogP contribution in [0.4, 0.5) is 5.69 Å². The van der Waals surface area contributed by atoms with Crippen molar-refractivity contribution >= 4 is 46.0 Å². The summed E-state index contributed by atoms with van der Waals surface area (Å²) >= 11 is 9.87. The quantitative estimate of drug-likeness (QED) is 0.886. The number of hydrogen-bond donors (Lipinski definition) is 1. The number of amidine groups is 1. The standard InChI is InChI=1S/C14H18ClN3S2/c1-14(2)11-4-3-10(15)7-12(11)16-13(17-14)20-9-18-5-6-19-8-18/h3-4,7H,5-6,8-9H2,1-2H3,(H,16,17). The van der Waals surface area contributed by atoms with Crippen molar-refractivity contribution in [2.75, 3.05) is 29.4 Å². The van der Waals surface area contributed by atoms with Crippen LogP contribution < -0.4 is 5.32 Å². The first kappa shape index (κ1) is 14.6. The summed E-state index contributed by atoms with van der Waals surface area (Å²) in [6.45, 7) is 5.47.